The van der Waals surface area contributed by atoms with E-state index in [0.29, 0.717) is 6.61 Å². The van der Waals surface area contributed by atoms with Crippen LogP contribution in [0.15, 0.2) is 30.3 Å². The summed E-state index contributed by atoms with van der Waals surface area (Å²) in [5.41, 5.74) is -0.0394. The number of nitrogens with zero attached hydrogens (tertiary/aromatic N) is 1. The molecule has 0 saturated heterocycles. The van der Waals surface area contributed by atoms with E-state index in [2.05, 4.69) is 6.07 Å². The van der Waals surface area contributed by atoms with Crippen LogP contribution in [0.1, 0.15) is 25.3 Å². The van der Waals surface area contributed by atoms with E-state index in [1.54, 1.807) is 6.92 Å². The summed E-state index contributed by atoms with van der Waals surface area (Å²) in [4.78, 5) is 0. The zero-order valence-corrected chi connectivity index (χ0v) is 12.6. The van der Waals surface area contributed by atoms with Crippen molar-refractivity contribution < 1.29 is 13.2 Å². The molecule has 1 aliphatic rings. The highest BCUT2D eigenvalue weighted by molar-refractivity contribution is 7.92. The highest BCUT2D eigenvalue weighted by Gasteiger charge is 2.71. The Kier molecular flexibility index (Phi) is 4.17. The summed E-state index contributed by atoms with van der Waals surface area (Å²) in [5, 5.41) is 8.90. The first-order valence-electron chi connectivity index (χ1n) is 6.79. The quantitative estimate of drug-likeness (QED) is 0.806. The van der Waals surface area contributed by atoms with Crippen molar-refractivity contribution in [2.24, 2.45) is 5.41 Å². The second kappa shape index (κ2) is 5.55. The Morgan fingerprint density at radius 2 is 1.95 bits per heavy atom. The van der Waals surface area contributed by atoms with E-state index in [-0.39, 0.29) is 18.3 Å². The lowest BCUT2D eigenvalue weighted by atomic mass is 10.0. The van der Waals surface area contributed by atoms with Gasteiger partial charge in [-0.25, -0.2) is 8.42 Å². The summed E-state index contributed by atoms with van der Waals surface area (Å²) in [7, 11) is -3.27. The maximum Gasteiger partial charge on any atom is 0.155 e. The van der Waals surface area contributed by atoms with E-state index in [4.69, 9.17) is 4.74 Å². The summed E-state index contributed by atoms with van der Waals surface area (Å²) in [6.45, 7) is 4.11. The van der Waals surface area contributed by atoms with Crippen molar-refractivity contribution in [2.75, 3.05) is 19.0 Å². The largest absolute Gasteiger partial charge is 0.380 e. The molecule has 0 heterocycles. The van der Waals surface area contributed by atoms with E-state index in [0.717, 1.165) is 5.56 Å². The molecule has 1 aromatic carbocycles. The highest BCUT2D eigenvalue weighted by atomic mass is 32.2. The average molecular weight is 293 g/mol. The summed E-state index contributed by atoms with van der Waals surface area (Å²) in [5.74, 6) is -0.235. The SMILES string of the molecule is CCOC[C@]1(C#N)[C@@H](c2ccccc2)[C@@H]1S(=O)(=O)CC. The third-order valence-electron chi connectivity index (χ3n) is 3.96. The van der Waals surface area contributed by atoms with Crippen molar-refractivity contribution in [2.45, 2.75) is 25.0 Å². The number of hydrogen-bond acceptors (Lipinski definition) is 4. The Balaban J connectivity index is 2.41. The zero-order chi connectivity index (χ0) is 14.8. The van der Waals surface area contributed by atoms with Gasteiger partial charge in [0, 0.05) is 18.3 Å². The Hall–Kier alpha value is -1.38. The molecular weight excluding hydrogens is 274 g/mol. The molecular formula is C15H19NO3S. The van der Waals surface area contributed by atoms with Crippen LogP contribution < -0.4 is 0 Å². The van der Waals surface area contributed by atoms with Gasteiger partial charge in [-0.05, 0) is 12.5 Å². The zero-order valence-electron chi connectivity index (χ0n) is 11.7. The molecule has 1 fully saturated rings. The second-order valence-electron chi connectivity index (χ2n) is 5.05. The van der Waals surface area contributed by atoms with Crippen LogP contribution in [0.3, 0.4) is 0 Å². The van der Waals surface area contributed by atoms with Crippen LogP contribution in [0.5, 0.6) is 0 Å². The minimum Gasteiger partial charge on any atom is -0.380 e. The fourth-order valence-electron chi connectivity index (χ4n) is 2.85. The molecule has 3 atom stereocenters. The van der Waals surface area contributed by atoms with Crippen LogP contribution >= 0.6 is 0 Å². The summed E-state index contributed by atoms with van der Waals surface area (Å²) < 4.78 is 29.9. The smallest absolute Gasteiger partial charge is 0.155 e. The maximum absolute atomic E-state index is 12.3. The molecule has 108 valence electrons. The molecule has 20 heavy (non-hydrogen) atoms. The molecule has 1 aromatic rings. The molecule has 0 aliphatic heterocycles. The molecule has 0 amide bonds. The van der Waals surface area contributed by atoms with Crippen molar-refractivity contribution in [1.82, 2.24) is 0 Å². The van der Waals surface area contributed by atoms with Gasteiger partial charge in [0.05, 0.1) is 17.9 Å². The van der Waals surface area contributed by atoms with E-state index < -0.39 is 20.5 Å². The van der Waals surface area contributed by atoms with E-state index in [1.807, 2.05) is 37.3 Å². The molecule has 0 bridgehead atoms. The van der Waals surface area contributed by atoms with Crippen molar-refractivity contribution in [3.63, 3.8) is 0 Å². The first-order valence-corrected chi connectivity index (χ1v) is 8.50. The first kappa shape index (κ1) is 15.0. The Bertz CT molecular complexity index is 606. The number of ether oxygens (including phenoxy) is 1. The minimum absolute atomic E-state index is 0.0521. The van der Waals surface area contributed by atoms with Gasteiger partial charge in [-0.3, -0.25) is 0 Å². The molecule has 0 aromatic heterocycles. The molecule has 0 N–H and O–H groups in total. The maximum atomic E-state index is 12.3. The van der Waals surface area contributed by atoms with Crippen LogP contribution in [0, 0.1) is 16.7 Å². The Labute approximate surface area is 120 Å². The molecule has 5 heteroatoms. The number of rotatable bonds is 6. The van der Waals surface area contributed by atoms with Crippen LogP contribution in [0.4, 0.5) is 0 Å². The monoisotopic (exact) mass is 293 g/mol. The molecule has 1 saturated carbocycles. The van der Waals surface area contributed by atoms with Gasteiger partial charge in [0.1, 0.15) is 5.41 Å². The molecule has 2 rings (SSSR count). The van der Waals surface area contributed by atoms with Gasteiger partial charge < -0.3 is 4.74 Å². The van der Waals surface area contributed by atoms with Gasteiger partial charge in [-0.1, -0.05) is 37.3 Å². The average Bonchev–Trinajstić information content (AvgIpc) is 3.16. The first-order chi connectivity index (χ1) is 9.53. The Morgan fingerprint density at radius 3 is 2.45 bits per heavy atom. The summed E-state index contributed by atoms with van der Waals surface area (Å²) in [6, 6.07) is 11.6. The van der Waals surface area contributed by atoms with Gasteiger partial charge in [0.25, 0.3) is 0 Å². The number of nitriles is 1. The van der Waals surface area contributed by atoms with Gasteiger partial charge in [-0.2, -0.15) is 5.26 Å². The van der Waals surface area contributed by atoms with Gasteiger partial charge in [-0.15, -0.1) is 0 Å². The molecule has 1 aliphatic carbocycles. The lowest BCUT2D eigenvalue weighted by Gasteiger charge is -2.09. The van der Waals surface area contributed by atoms with Crippen molar-refractivity contribution in [3.8, 4) is 6.07 Å². The predicted molar refractivity (Wildman–Crippen MR) is 77.0 cm³/mol. The van der Waals surface area contributed by atoms with Gasteiger partial charge in [0.15, 0.2) is 9.84 Å². The van der Waals surface area contributed by atoms with Crippen molar-refractivity contribution in [3.05, 3.63) is 35.9 Å². The fraction of sp³-hybridized carbons (Fsp3) is 0.533. The van der Waals surface area contributed by atoms with Gasteiger partial charge in [0.2, 0.25) is 0 Å². The van der Waals surface area contributed by atoms with E-state index in [1.165, 1.54) is 0 Å². The van der Waals surface area contributed by atoms with E-state index in [9.17, 15) is 13.7 Å². The molecule has 0 unspecified atom stereocenters. The third kappa shape index (κ3) is 2.34. The summed E-state index contributed by atoms with van der Waals surface area (Å²) >= 11 is 0. The van der Waals surface area contributed by atoms with Crippen LogP contribution in [0.25, 0.3) is 0 Å². The lowest BCUT2D eigenvalue weighted by Crippen LogP contribution is -2.20. The van der Waals surface area contributed by atoms with Gasteiger partial charge >= 0.3 is 0 Å². The number of sulfone groups is 1. The minimum atomic E-state index is -3.27. The molecule has 0 spiro atoms. The van der Waals surface area contributed by atoms with Crippen LogP contribution in [0.2, 0.25) is 0 Å². The lowest BCUT2D eigenvalue weighted by molar-refractivity contribution is 0.117. The standard InChI is InChI=1S/C15H19NO3S/c1-3-19-11-15(10-16)13(12-8-6-5-7-9-12)14(15)20(17,18)4-2/h5-9,13-14H,3-4,11H2,1-2H3/t13-,14-,15+/m0/s1. The second-order valence-corrected chi connectivity index (χ2v) is 7.46. The number of hydrogen-bond donors (Lipinski definition) is 0. The predicted octanol–water partition coefficient (Wildman–Crippen LogP) is 2.13. The highest BCUT2D eigenvalue weighted by Crippen LogP contribution is 2.62. The number of benzene rings is 1. The normalized spacial score (nSPS) is 28.9. The van der Waals surface area contributed by atoms with Crippen LogP contribution in [-0.2, 0) is 14.6 Å². The fourth-order valence-corrected chi connectivity index (χ4v) is 4.86. The topological polar surface area (TPSA) is 67.2 Å². The van der Waals surface area contributed by atoms with Crippen molar-refractivity contribution >= 4 is 9.84 Å². The molecule has 0 radical (unpaired) electrons. The van der Waals surface area contributed by atoms with Crippen LogP contribution in [-0.4, -0.2) is 32.6 Å². The molecule has 4 nitrogen and oxygen atoms in total. The summed E-state index contributed by atoms with van der Waals surface area (Å²) in [6.07, 6.45) is 0. The van der Waals surface area contributed by atoms with Crippen molar-refractivity contribution in [1.29, 1.82) is 5.26 Å². The third-order valence-corrected chi connectivity index (χ3v) is 6.23. The van der Waals surface area contributed by atoms with E-state index >= 15 is 0 Å². The Morgan fingerprint density at radius 1 is 1.30 bits per heavy atom.